The third-order valence-corrected chi connectivity index (χ3v) is 5.96. The van der Waals surface area contributed by atoms with E-state index < -0.39 is 35.3 Å². The van der Waals surface area contributed by atoms with Crippen LogP contribution < -0.4 is 9.64 Å². The van der Waals surface area contributed by atoms with Crippen molar-refractivity contribution < 1.29 is 33.4 Å². The van der Waals surface area contributed by atoms with E-state index in [4.69, 9.17) is 9.47 Å². The van der Waals surface area contributed by atoms with E-state index >= 15 is 0 Å². The number of amides is 1. The Balaban J connectivity index is 1.87. The van der Waals surface area contributed by atoms with Crippen LogP contribution in [0.2, 0.25) is 0 Å². The van der Waals surface area contributed by atoms with E-state index in [1.54, 1.807) is 31.2 Å². The molecule has 0 bridgehead atoms. The van der Waals surface area contributed by atoms with Crippen molar-refractivity contribution >= 4 is 29.1 Å². The minimum atomic E-state index is -0.977. The van der Waals surface area contributed by atoms with E-state index in [1.165, 1.54) is 61.4 Å². The lowest BCUT2D eigenvalue weighted by Crippen LogP contribution is -2.29. The molecule has 1 N–H and O–H groups in total. The largest absolute Gasteiger partial charge is 0.507 e. The van der Waals surface area contributed by atoms with Gasteiger partial charge in [-0.1, -0.05) is 12.1 Å². The summed E-state index contributed by atoms with van der Waals surface area (Å²) in [6.07, 6.45) is 0. The number of benzene rings is 3. The zero-order valence-electron chi connectivity index (χ0n) is 19.9. The summed E-state index contributed by atoms with van der Waals surface area (Å²) in [4.78, 5) is 39.8. The SMILES string of the molecule is CCOC(=O)c1ccc(N2C(=O)C(=O)/C(=C(\O)c3ccc(F)c(C)c3)C2c2ccc(OC)cc2)cc1. The van der Waals surface area contributed by atoms with E-state index in [1.807, 2.05) is 0 Å². The maximum atomic E-state index is 13.8. The number of methoxy groups -OCH3 is 1. The average molecular weight is 489 g/mol. The van der Waals surface area contributed by atoms with Crippen molar-refractivity contribution in [3.8, 4) is 5.75 Å². The molecule has 1 fully saturated rings. The third-order valence-electron chi connectivity index (χ3n) is 5.96. The van der Waals surface area contributed by atoms with Gasteiger partial charge in [0, 0.05) is 11.3 Å². The zero-order chi connectivity index (χ0) is 26.0. The van der Waals surface area contributed by atoms with Crippen LogP contribution in [0, 0.1) is 12.7 Å². The Morgan fingerprint density at radius 3 is 2.22 bits per heavy atom. The first-order valence-corrected chi connectivity index (χ1v) is 11.3. The highest BCUT2D eigenvalue weighted by Gasteiger charge is 2.47. The summed E-state index contributed by atoms with van der Waals surface area (Å²) in [5.74, 6) is -2.54. The molecule has 3 aromatic rings. The molecule has 1 atom stereocenters. The van der Waals surface area contributed by atoms with Crippen molar-refractivity contribution in [2.24, 2.45) is 0 Å². The van der Waals surface area contributed by atoms with Gasteiger partial charge in [-0.15, -0.1) is 0 Å². The first-order chi connectivity index (χ1) is 17.3. The molecule has 184 valence electrons. The molecule has 8 heteroatoms. The Hall–Kier alpha value is -4.46. The number of aliphatic hydroxyl groups excluding tert-OH is 1. The van der Waals surface area contributed by atoms with Gasteiger partial charge in [-0.3, -0.25) is 14.5 Å². The van der Waals surface area contributed by atoms with Crippen LogP contribution in [0.15, 0.2) is 72.3 Å². The van der Waals surface area contributed by atoms with Gasteiger partial charge in [-0.05, 0) is 79.6 Å². The Morgan fingerprint density at radius 2 is 1.64 bits per heavy atom. The molecule has 0 aliphatic carbocycles. The van der Waals surface area contributed by atoms with Crippen molar-refractivity contribution in [3.63, 3.8) is 0 Å². The Labute approximate surface area is 207 Å². The first-order valence-electron chi connectivity index (χ1n) is 11.3. The molecule has 0 saturated carbocycles. The van der Waals surface area contributed by atoms with Crippen LogP contribution in [0.3, 0.4) is 0 Å². The van der Waals surface area contributed by atoms with Crippen LogP contribution in [-0.2, 0) is 14.3 Å². The number of ketones is 1. The Bertz CT molecular complexity index is 1360. The molecule has 3 aromatic carbocycles. The predicted molar refractivity (Wildman–Crippen MR) is 131 cm³/mol. The number of nitrogens with zero attached hydrogens (tertiary/aromatic N) is 1. The number of esters is 1. The second-order valence-electron chi connectivity index (χ2n) is 8.17. The van der Waals surface area contributed by atoms with Gasteiger partial charge in [0.25, 0.3) is 11.7 Å². The van der Waals surface area contributed by atoms with Crippen molar-refractivity contribution in [3.05, 3.63) is 100 Å². The number of hydrogen-bond acceptors (Lipinski definition) is 6. The predicted octanol–water partition coefficient (Wildman–Crippen LogP) is 4.95. The number of ether oxygens (including phenoxy) is 2. The topological polar surface area (TPSA) is 93.1 Å². The molecule has 36 heavy (non-hydrogen) atoms. The molecular formula is C28H24FNO6. The lowest BCUT2D eigenvalue weighted by molar-refractivity contribution is -0.132. The normalized spacial score (nSPS) is 16.8. The van der Waals surface area contributed by atoms with E-state index in [-0.39, 0.29) is 23.3 Å². The summed E-state index contributed by atoms with van der Waals surface area (Å²) in [7, 11) is 1.52. The van der Waals surface area contributed by atoms with Crippen LogP contribution in [0.5, 0.6) is 5.75 Å². The maximum Gasteiger partial charge on any atom is 0.338 e. The zero-order valence-corrected chi connectivity index (χ0v) is 19.9. The highest BCUT2D eigenvalue weighted by Crippen LogP contribution is 2.42. The summed E-state index contributed by atoms with van der Waals surface area (Å²) in [5.41, 5.74) is 1.54. The van der Waals surface area contributed by atoms with E-state index in [0.29, 0.717) is 22.6 Å². The third kappa shape index (κ3) is 4.45. The minimum absolute atomic E-state index is 0.134. The fourth-order valence-corrected chi connectivity index (χ4v) is 4.12. The van der Waals surface area contributed by atoms with Crippen LogP contribution in [0.1, 0.15) is 40.0 Å². The highest BCUT2D eigenvalue weighted by molar-refractivity contribution is 6.51. The first kappa shape index (κ1) is 24.7. The molecular weight excluding hydrogens is 465 g/mol. The van der Waals surface area contributed by atoms with Gasteiger partial charge in [0.15, 0.2) is 0 Å². The standard InChI is InChI=1S/C28H24FNO6/c1-4-36-28(34)18-5-10-20(11-6-18)30-24(17-7-12-21(35-3)13-8-17)23(26(32)27(30)33)25(31)19-9-14-22(29)16(2)15-19/h5-15,24,31H,4H2,1-3H3/b25-23-. The molecule has 0 radical (unpaired) electrons. The molecule has 1 unspecified atom stereocenters. The second-order valence-corrected chi connectivity index (χ2v) is 8.17. The molecule has 1 amide bonds. The maximum absolute atomic E-state index is 13.8. The van der Waals surface area contributed by atoms with Crippen molar-refractivity contribution in [1.29, 1.82) is 0 Å². The number of halogens is 1. The van der Waals surface area contributed by atoms with Gasteiger partial charge in [-0.2, -0.15) is 0 Å². The summed E-state index contributed by atoms with van der Waals surface area (Å²) in [5, 5.41) is 11.2. The van der Waals surface area contributed by atoms with Crippen LogP contribution >= 0.6 is 0 Å². The number of aryl methyl sites for hydroxylation is 1. The lowest BCUT2D eigenvalue weighted by Gasteiger charge is -2.25. The quantitative estimate of drug-likeness (QED) is 0.228. The van der Waals surface area contributed by atoms with Crippen LogP contribution in [0.25, 0.3) is 5.76 Å². The summed E-state index contributed by atoms with van der Waals surface area (Å²) in [6.45, 7) is 3.45. The van der Waals surface area contributed by atoms with Gasteiger partial charge < -0.3 is 14.6 Å². The lowest BCUT2D eigenvalue weighted by atomic mass is 9.94. The minimum Gasteiger partial charge on any atom is -0.507 e. The van der Waals surface area contributed by atoms with Gasteiger partial charge in [0.05, 0.1) is 30.9 Å². The highest BCUT2D eigenvalue weighted by atomic mass is 19.1. The van der Waals surface area contributed by atoms with Crippen molar-refractivity contribution in [2.75, 3.05) is 18.6 Å². The molecule has 1 aliphatic rings. The number of carbonyl (C=O) groups is 3. The summed E-state index contributed by atoms with van der Waals surface area (Å²) < 4.78 is 24.1. The van der Waals surface area contributed by atoms with Crippen molar-refractivity contribution in [1.82, 2.24) is 0 Å². The van der Waals surface area contributed by atoms with Gasteiger partial charge in [0.1, 0.15) is 17.3 Å². The monoisotopic (exact) mass is 489 g/mol. The molecule has 7 nitrogen and oxygen atoms in total. The number of rotatable bonds is 6. The number of Topliss-reactive ketones (excluding diaryl/α,β-unsaturated/α-hetero) is 1. The van der Waals surface area contributed by atoms with E-state index in [9.17, 15) is 23.9 Å². The van der Waals surface area contributed by atoms with Crippen LogP contribution in [-0.4, -0.2) is 36.5 Å². The van der Waals surface area contributed by atoms with Gasteiger partial charge >= 0.3 is 5.97 Å². The number of aliphatic hydroxyl groups is 1. The van der Waals surface area contributed by atoms with Crippen LogP contribution in [0.4, 0.5) is 10.1 Å². The summed E-state index contributed by atoms with van der Waals surface area (Å²) in [6, 6.07) is 15.8. The number of hydrogen-bond donors (Lipinski definition) is 1. The Morgan fingerprint density at radius 1 is 1.00 bits per heavy atom. The molecule has 1 heterocycles. The molecule has 0 spiro atoms. The molecule has 1 aliphatic heterocycles. The number of carbonyl (C=O) groups excluding carboxylic acids is 3. The Kier molecular flexibility index (Phi) is 6.87. The second kappa shape index (κ2) is 10.0. The van der Waals surface area contributed by atoms with E-state index in [2.05, 4.69) is 0 Å². The molecule has 4 rings (SSSR count). The fraction of sp³-hybridized carbons (Fsp3) is 0.179. The van der Waals surface area contributed by atoms with Crippen molar-refractivity contribution in [2.45, 2.75) is 19.9 Å². The molecule has 0 aromatic heterocycles. The average Bonchev–Trinajstić information content (AvgIpc) is 3.15. The smallest absolute Gasteiger partial charge is 0.338 e. The van der Waals surface area contributed by atoms with Gasteiger partial charge in [0.2, 0.25) is 0 Å². The summed E-state index contributed by atoms with van der Waals surface area (Å²) >= 11 is 0. The van der Waals surface area contributed by atoms with E-state index in [0.717, 1.165) is 0 Å². The molecule has 1 saturated heterocycles. The fourth-order valence-electron chi connectivity index (χ4n) is 4.12. The number of anilines is 1. The van der Waals surface area contributed by atoms with Gasteiger partial charge in [-0.25, -0.2) is 9.18 Å².